The number of benzene rings is 2. The number of halogens is 3. The first-order valence-corrected chi connectivity index (χ1v) is 9.76. The summed E-state index contributed by atoms with van der Waals surface area (Å²) in [6.45, 7) is 2.61. The fourth-order valence-electron chi connectivity index (χ4n) is 3.97. The van der Waals surface area contributed by atoms with E-state index in [-0.39, 0.29) is 37.0 Å². The van der Waals surface area contributed by atoms with E-state index in [4.69, 9.17) is 26.8 Å². The maximum atomic E-state index is 10.3. The molecule has 2 aromatic rings. The van der Waals surface area contributed by atoms with Crippen molar-refractivity contribution in [2.24, 2.45) is 0 Å². The highest BCUT2D eigenvalue weighted by molar-refractivity contribution is 6.30. The van der Waals surface area contributed by atoms with Gasteiger partial charge in [-0.2, -0.15) is 0 Å². The first kappa shape index (κ1) is 23.9. The van der Waals surface area contributed by atoms with Crippen LogP contribution in [0.25, 0.3) is 0 Å². The van der Waals surface area contributed by atoms with Crippen LogP contribution in [0.3, 0.4) is 0 Å². The molecule has 0 unspecified atom stereocenters. The molecule has 160 valence electrons. The SMILES string of the molecule is Cl.Cl.Nc1ccccc1OC[C@@H](O)CN1CCC2(CC1)Cc1cc(Cl)ccc1O2. The number of rotatable bonds is 5. The molecule has 0 radical (unpaired) electrons. The van der Waals surface area contributed by atoms with E-state index in [9.17, 15) is 5.11 Å². The standard InChI is InChI=1S/C21H25ClN2O3.2ClH/c22-16-5-6-19-15(11-16)12-21(27-19)7-9-24(10-8-21)13-17(25)14-26-20-4-2-1-3-18(20)23;;/h1-6,11,17,25H,7-10,12-14,23H2;2*1H/t17-;;/m0../s1. The summed E-state index contributed by atoms with van der Waals surface area (Å²) in [5.74, 6) is 1.58. The van der Waals surface area contributed by atoms with E-state index in [1.807, 2.05) is 36.4 Å². The summed E-state index contributed by atoms with van der Waals surface area (Å²) in [6.07, 6.45) is 2.24. The van der Waals surface area contributed by atoms with Crippen molar-refractivity contribution in [2.75, 3.05) is 32.0 Å². The van der Waals surface area contributed by atoms with Crippen molar-refractivity contribution in [3.05, 3.63) is 53.1 Å². The van der Waals surface area contributed by atoms with Gasteiger partial charge < -0.3 is 25.2 Å². The predicted octanol–water partition coefficient (Wildman–Crippen LogP) is 3.98. The van der Waals surface area contributed by atoms with Crippen molar-refractivity contribution in [2.45, 2.75) is 31.0 Å². The van der Waals surface area contributed by atoms with Crippen molar-refractivity contribution in [1.29, 1.82) is 0 Å². The average molecular weight is 462 g/mol. The van der Waals surface area contributed by atoms with E-state index in [2.05, 4.69) is 4.90 Å². The van der Waals surface area contributed by atoms with E-state index < -0.39 is 6.10 Å². The summed E-state index contributed by atoms with van der Waals surface area (Å²) >= 11 is 6.10. The number of hydrogen-bond donors (Lipinski definition) is 2. The summed E-state index contributed by atoms with van der Waals surface area (Å²) < 4.78 is 11.9. The lowest BCUT2D eigenvalue weighted by Crippen LogP contribution is -2.49. The van der Waals surface area contributed by atoms with Gasteiger partial charge in [0.1, 0.15) is 29.8 Å². The summed E-state index contributed by atoms with van der Waals surface area (Å²) in [4.78, 5) is 2.27. The Hall–Kier alpha value is -1.37. The van der Waals surface area contributed by atoms with Crippen LogP contribution in [0.4, 0.5) is 5.69 Å². The number of anilines is 1. The molecule has 0 bridgehead atoms. The lowest BCUT2D eigenvalue weighted by molar-refractivity contribution is -0.00191. The Labute approximate surface area is 188 Å². The largest absolute Gasteiger partial charge is 0.489 e. The van der Waals surface area contributed by atoms with Gasteiger partial charge in [-0.25, -0.2) is 0 Å². The average Bonchev–Trinajstić information content (AvgIpc) is 3.00. The van der Waals surface area contributed by atoms with Crippen LogP contribution in [-0.2, 0) is 6.42 Å². The first-order chi connectivity index (χ1) is 13.0. The van der Waals surface area contributed by atoms with Crippen LogP contribution in [0.15, 0.2) is 42.5 Å². The number of fused-ring (bicyclic) bond motifs is 1. The monoisotopic (exact) mass is 460 g/mol. The molecule has 0 aromatic heterocycles. The van der Waals surface area contributed by atoms with E-state index in [0.29, 0.717) is 18.0 Å². The summed E-state index contributed by atoms with van der Waals surface area (Å²) in [6, 6.07) is 13.2. The third-order valence-electron chi connectivity index (χ3n) is 5.45. The summed E-state index contributed by atoms with van der Waals surface area (Å²) in [5, 5.41) is 11.1. The van der Waals surface area contributed by atoms with Gasteiger partial charge in [0.05, 0.1) is 5.69 Å². The van der Waals surface area contributed by atoms with Crippen molar-refractivity contribution in [3.8, 4) is 11.5 Å². The quantitative estimate of drug-likeness (QED) is 0.659. The molecule has 5 nitrogen and oxygen atoms in total. The number of likely N-dealkylation sites (tertiary alicyclic amines) is 1. The molecule has 0 saturated carbocycles. The number of aliphatic hydroxyl groups is 1. The zero-order valence-electron chi connectivity index (χ0n) is 16.1. The van der Waals surface area contributed by atoms with Gasteiger partial charge in [0.2, 0.25) is 0 Å². The molecule has 2 aromatic carbocycles. The minimum Gasteiger partial charge on any atom is -0.489 e. The third-order valence-corrected chi connectivity index (χ3v) is 5.68. The fraction of sp³-hybridized carbons (Fsp3) is 0.429. The Morgan fingerprint density at radius 3 is 2.62 bits per heavy atom. The van der Waals surface area contributed by atoms with Gasteiger partial charge in [0, 0.05) is 43.9 Å². The second-order valence-electron chi connectivity index (χ2n) is 7.52. The van der Waals surface area contributed by atoms with Crippen LogP contribution in [0.2, 0.25) is 5.02 Å². The number of nitrogens with zero attached hydrogens (tertiary/aromatic N) is 1. The van der Waals surface area contributed by atoms with Gasteiger partial charge >= 0.3 is 0 Å². The number of piperidine rings is 1. The molecule has 0 aliphatic carbocycles. The Morgan fingerprint density at radius 1 is 1.17 bits per heavy atom. The van der Waals surface area contributed by atoms with Crippen LogP contribution in [0, 0.1) is 0 Å². The molecule has 3 N–H and O–H groups in total. The molecule has 1 fully saturated rings. The van der Waals surface area contributed by atoms with Crippen LogP contribution >= 0.6 is 36.4 Å². The molecule has 1 saturated heterocycles. The van der Waals surface area contributed by atoms with Crippen molar-refractivity contribution < 1.29 is 14.6 Å². The molecule has 29 heavy (non-hydrogen) atoms. The van der Waals surface area contributed by atoms with Gasteiger partial charge in [0.15, 0.2) is 0 Å². The van der Waals surface area contributed by atoms with E-state index >= 15 is 0 Å². The highest BCUT2D eigenvalue weighted by Gasteiger charge is 2.42. The Kier molecular flexibility index (Phi) is 8.32. The van der Waals surface area contributed by atoms with Crippen LogP contribution in [-0.4, -0.2) is 48.0 Å². The van der Waals surface area contributed by atoms with Gasteiger partial charge in [0.25, 0.3) is 0 Å². The maximum Gasteiger partial charge on any atom is 0.142 e. The predicted molar refractivity (Wildman–Crippen MR) is 121 cm³/mol. The second kappa shape index (κ2) is 10.1. The smallest absolute Gasteiger partial charge is 0.142 e. The fourth-order valence-corrected chi connectivity index (χ4v) is 4.17. The molecule has 8 heteroatoms. The highest BCUT2D eigenvalue weighted by Crippen LogP contribution is 2.41. The molecule has 0 amide bonds. The zero-order chi connectivity index (χ0) is 18.9. The summed E-state index contributed by atoms with van der Waals surface area (Å²) in [7, 11) is 0. The normalized spacial score (nSPS) is 18.1. The number of para-hydroxylation sites is 2. The molecular formula is C21H27Cl3N2O3. The van der Waals surface area contributed by atoms with Gasteiger partial charge in [-0.15, -0.1) is 24.8 Å². The lowest BCUT2D eigenvalue weighted by atomic mass is 9.87. The molecule has 2 aliphatic rings. The Morgan fingerprint density at radius 2 is 1.90 bits per heavy atom. The maximum absolute atomic E-state index is 10.3. The number of nitrogens with two attached hydrogens (primary N) is 1. The molecule has 2 aliphatic heterocycles. The third kappa shape index (κ3) is 5.62. The molecular weight excluding hydrogens is 435 g/mol. The van der Waals surface area contributed by atoms with Crippen molar-refractivity contribution >= 4 is 42.1 Å². The zero-order valence-corrected chi connectivity index (χ0v) is 18.4. The van der Waals surface area contributed by atoms with E-state index in [1.54, 1.807) is 6.07 Å². The first-order valence-electron chi connectivity index (χ1n) is 9.38. The van der Waals surface area contributed by atoms with Crippen molar-refractivity contribution in [1.82, 2.24) is 4.90 Å². The van der Waals surface area contributed by atoms with Crippen LogP contribution in [0.5, 0.6) is 11.5 Å². The van der Waals surface area contributed by atoms with Crippen LogP contribution < -0.4 is 15.2 Å². The van der Waals surface area contributed by atoms with Crippen molar-refractivity contribution in [3.63, 3.8) is 0 Å². The van der Waals surface area contributed by atoms with Gasteiger partial charge in [-0.3, -0.25) is 0 Å². The Bertz CT molecular complexity index is 814. The highest BCUT2D eigenvalue weighted by atomic mass is 35.5. The molecule has 1 atom stereocenters. The Balaban J connectivity index is 0.00000150. The number of hydrogen-bond acceptors (Lipinski definition) is 5. The van der Waals surface area contributed by atoms with Gasteiger partial charge in [-0.1, -0.05) is 23.7 Å². The van der Waals surface area contributed by atoms with Gasteiger partial charge in [-0.05, 0) is 35.9 Å². The number of ether oxygens (including phenoxy) is 2. The second-order valence-corrected chi connectivity index (χ2v) is 7.95. The number of nitrogen functional groups attached to an aromatic ring is 1. The minimum absolute atomic E-state index is 0. The van der Waals surface area contributed by atoms with Crippen LogP contribution in [0.1, 0.15) is 18.4 Å². The topological polar surface area (TPSA) is 68.0 Å². The number of aliphatic hydroxyl groups excluding tert-OH is 1. The molecule has 1 spiro atoms. The van der Waals surface area contributed by atoms with E-state index in [0.717, 1.165) is 43.1 Å². The number of β-amino-alcohol motifs (C(OH)–C–C–N with tert-alkyl or cyclic N) is 1. The van der Waals surface area contributed by atoms with E-state index in [1.165, 1.54) is 5.56 Å². The lowest BCUT2D eigenvalue weighted by Gasteiger charge is -2.39. The summed E-state index contributed by atoms with van der Waals surface area (Å²) in [5.41, 5.74) is 7.53. The minimum atomic E-state index is -0.556. The molecule has 4 rings (SSSR count). The molecule has 2 heterocycles.